The molecule has 0 aromatic heterocycles. The molecule has 0 spiro atoms. The fourth-order valence-electron chi connectivity index (χ4n) is 4.31. The van der Waals surface area contributed by atoms with E-state index in [1.807, 2.05) is 21.1 Å². The van der Waals surface area contributed by atoms with Crippen LogP contribution >= 0.6 is 7.82 Å². The Balaban J connectivity index is 2.03. The molecule has 3 atom stereocenters. The molecule has 1 heterocycles. The van der Waals surface area contributed by atoms with Crippen molar-refractivity contribution in [2.75, 3.05) is 54.1 Å². The molecule has 7 nitrogen and oxygen atoms in total. The van der Waals surface area contributed by atoms with Gasteiger partial charge in [0.1, 0.15) is 19.3 Å². The molecule has 0 aromatic rings. The van der Waals surface area contributed by atoms with E-state index in [1.165, 1.54) is 83.5 Å². The second-order valence-electron chi connectivity index (χ2n) is 11.2. The van der Waals surface area contributed by atoms with Crippen molar-refractivity contribution >= 4 is 7.82 Å². The van der Waals surface area contributed by atoms with Gasteiger partial charge in [-0.2, -0.15) is 0 Å². The fraction of sp³-hybridized carbons (Fsp3) is 1.00. The highest BCUT2D eigenvalue weighted by molar-refractivity contribution is 7.45. The predicted molar refractivity (Wildman–Crippen MR) is 141 cm³/mol. The predicted octanol–water partition coefficient (Wildman–Crippen LogP) is 6.24. The van der Waals surface area contributed by atoms with Gasteiger partial charge in [0.05, 0.1) is 33.9 Å². The van der Waals surface area contributed by atoms with Gasteiger partial charge >= 0.3 is 0 Å². The van der Waals surface area contributed by atoms with Gasteiger partial charge in [-0.1, -0.05) is 90.4 Å². The van der Waals surface area contributed by atoms with Gasteiger partial charge in [0.15, 0.2) is 0 Å². The molecule has 210 valence electrons. The summed E-state index contributed by atoms with van der Waals surface area (Å²) in [5.74, 6) is 0. The number of likely N-dealkylation sites (N-methyl/N-ethyl adjacent to an activating group) is 1. The first kappa shape index (κ1) is 33.0. The van der Waals surface area contributed by atoms with Gasteiger partial charge in [-0.15, -0.1) is 0 Å². The lowest BCUT2D eigenvalue weighted by atomic mass is 10.0. The van der Waals surface area contributed by atoms with E-state index in [0.29, 0.717) is 37.3 Å². The first-order valence-corrected chi connectivity index (χ1v) is 15.8. The zero-order chi connectivity index (χ0) is 25.8. The summed E-state index contributed by atoms with van der Waals surface area (Å²) in [4.78, 5) is 12.2. The summed E-state index contributed by atoms with van der Waals surface area (Å²) in [5, 5.41) is 0. The maximum absolute atomic E-state index is 12.2. The van der Waals surface area contributed by atoms with Gasteiger partial charge in [-0.25, -0.2) is 0 Å². The Kier molecular flexibility index (Phi) is 18.9. The minimum absolute atomic E-state index is 0.109. The number of nitrogens with zero attached hydrogens (tertiary/aromatic N) is 1. The molecule has 0 aromatic carbocycles. The van der Waals surface area contributed by atoms with E-state index >= 15 is 0 Å². The lowest BCUT2D eigenvalue weighted by molar-refractivity contribution is -0.870. The maximum atomic E-state index is 12.2. The van der Waals surface area contributed by atoms with E-state index in [1.54, 1.807) is 0 Å². The number of ether oxygens (including phenoxy) is 2. The van der Waals surface area contributed by atoms with Gasteiger partial charge in [0, 0.05) is 13.2 Å². The average Bonchev–Trinajstić information content (AvgIpc) is 2.78. The quantitative estimate of drug-likeness (QED) is 0.0900. The normalized spacial score (nSPS) is 20.7. The number of quaternary nitrogens is 1. The maximum Gasteiger partial charge on any atom is 0.268 e. The molecular weight excluding hydrogens is 465 g/mol. The lowest BCUT2D eigenvalue weighted by Crippen LogP contribution is -2.40. The molecule has 1 aliphatic rings. The highest BCUT2D eigenvalue weighted by Crippen LogP contribution is 2.42. The molecule has 1 unspecified atom stereocenters. The Bertz CT molecular complexity index is 542. The molecule has 0 saturated carbocycles. The van der Waals surface area contributed by atoms with E-state index in [4.69, 9.17) is 18.5 Å². The van der Waals surface area contributed by atoms with E-state index in [9.17, 15) is 9.46 Å². The molecule has 1 aliphatic heterocycles. The third-order valence-corrected chi connectivity index (χ3v) is 7.61. The van der Waals surface area contributed by atoms with Crippen molar-refractivity contribution in [3.05, 3.63) is 0 Å². The van der Waals surface area contributed by atoms with Crippen LogP contribution in [-0.4, -0.2) is 70.8 Å². The van der Waals surface area contributed by atoms with Crippen molar-refractivity contribution in [2.24, 2.45) is 0 Å². The number of hydrogen-bond donors (Lipinski definition) is 0. The smallest absolute Gasteiger partial charge is 0.268 e. The highest BCUT2D eigenvalue weighted by atomic mass is 31.2. The van der Waals surface area contributed by atoms with Crippen LogP contribution in [0.15, 0.2) is 0 Å². The summed E-state index contributed by atoms with van der Waals surface area (Å²) in [6.45, 7) is 4.62. The molecule has 0 N–H and O–H groups in total. The van der Waals surface area contributed by atoms with Crippen molar-refractivity contribution in [1.82, 2.24) is 0 Å². The molecular formula is C27H56NO6P. The van der Waals surface area contributed by atoms with E-state index in [-0.39, 0.29) is 12.7 Å². The number of hydrogen-bond acceptors (Lipinski definition) is 6. The Morgan fingerprint density at radius 2 is 1.40 bits per heavy atom. The zero-order valence-electron chi connectivity index (χ0n) is 23.3. The summed E-state index contributed by atoms with van der Waals surface area (Å²) >= 11 is 0. The van der Waals surface area contributed by atoms with Crippen molar-refractivity contribution in [3.63, 3.8) is 0 Å². The first-order valence-electron chi connectivity index (χ1n) is 14.4. The topological polar surface area (TPSA) is 77.1 Å². The molecule has 1 fully saturated rings. The van der Waals surface area contributed by atoms with Crippen LogP contribution in [0.25, 0.3) is 0 Å². The van der Waals surface area contributed by atoms with Crippen LogP contribution in [0.5, 0.6) is 0 Å². The summed E-state index contributed by atoms with van der Waals surface area (Å²) in [6, 6.07) is 0. The van der Waals surface area contributed by atoms with Gasteiger partial charge in [-0.05, 0) is 19.3 Å². The third-order valence-electron chi connectivity index (χ3n) is 6.58. The van der Waals surface area contributed by atoms with Crippen molar-refractivity contribution in [3.8, 4) is 0 Å². The lowest BCUT2D eigenvalue weighted by Gasteiger charge is -2.35. The molecule has 1 rings (SSSR count). The van der Waals surface area contributed by atoms with Crippen LogP contribution in [0.2, 0.25) is 0 Å². The van der Waals surface area contributed by atoms with Gasteiger partial charge in [0.2, 0.25) is 0 Å². The molecule has 0 bridgehead atoms. The van der Waals surface area contributed by atoms with E-state index in [0.717, 1.165) is 12.8 Å². The minimum Gasteiger partial charge on any atom is -0.756 e. The first-order chi connectivity index (χ1) is 16.7. The molecule has 0 aliphatic carbocycles. The number of rotatable bonds is 23. The standard InChI is InChI=1S/C27H56NO6P/c1-5-6-7-8-9-10-11-12-13-14-15-16-17-18-22-31-25-27-26(20-19-23-32-27)34-35(29,30)33-24-21-28(2,3)4/h26-27H,5-25H2,1-4H3/t26-,27-/m0/s1. The third kappa shape index (κ3) is 19.7. The minimum atomic E-state index is -4.36. The highest BCUT2D eigenvalue weighted by Gasteiger charge is 2.30. The Morgan fingerprint density at radius 3 is 1.94 bits per heavy atom. The Morgan fingerprint density at radius 1 is 0.857 bits per heavy atom. The van der Waals surface area contributed by atoms with Gasteiger partial charge < -0.3 is 27.9 Å². The van der Waals surface area contributed by atoms with Crippen molar-refractivity contribution in [2.45, 2.75) is 122 Å². The number of phosphoric acid groups is 1. The van der Waals surface area contributed by atoms with Crippen LogP contribution < -0.4 is 4.89 Å². The van der Waals surface area contributed by atoms with E-state index in [2.05, 4.69) is 6.92 Å². The SMILES string of the molecule is CCCCCCCCCCCCCCCCOC[C@@H]1OCCC[C@@H]1OP(=O)([O-])OCC[N+](C)(C)C. The van der Waals surface area contributed by atoms with Crippen LogP contribution in [0.1, 0.15) is 110 Å². The van der Waals surface area contributed by atoms with Crippen LogP contribution in [-0.2, 0) is 23.1 Å². The second-order valence-corrected chi connectivity index (χ2v) is 12.5. The molecule has 35 heavy (non-hydrogen) atoms. The van der Waals surface area contributed by atoms with Gasteiger partial charge in [0.25, 0.3) is 7.82 Å². The van der Waals surface area contributed by atoms with Crippen LogP contribution in [0, 0.1) is 0 Å². The van der Waals surface area contributed by atoms with Crippen LogP contribution in [0.3, 0.4) is 0 Å². The summed E-state index contributed by atoms with van der Waals surface area (Å²) in [7, 11) is 1.60. The van der Waals surface area contributed by atoms with Gasteiger partial charge in [-0.3, -0.25) is 4.57 Å². The monoisotopic (exact) mass is 521 g/mol. The average molecular weight is 522 g/mol. The summed E-state index contributed by atoms with van der Waals surface area (Å²) in [5.41, 5.74) is 0. The largest absolute Gasteiger partial charge is 0.756 e. The van der Waals surface area contributed by atoms with Crippen LogP contribution in [0.4, 0.5) is 0 Å². The van der Waals surface area contributed by atoms with Crippen molar-refractivity contribution < 1.29 is 32.5 Å². The molecule has 0 radical (unpaired) electrons. The molecule has 0 amide bonds. The Labute approximate surface area is 216 Å². The van der Waals surface area contributed by atoms with E-state index < -0.39 is 13.9 Å². The number of phosphoric ester groups is 1. The molecule has 8 heteroatoms. The number of unbranched alkanes of at least 4 members (excludes halogenated alkanes) is 13. The Hall–Kier alpha value is -0.0100. The summed E-state index contributed by atoms with van der Waals surface area (Å²) < 4.78 is 34.8. The molecule has 1 saturated heterocycles. The fourth-order valence-corrected chi connectivity index (χ4v) is 5.25. The van der Waals surface area contributed by atoms with Crippen molar-refractivity contribution in [1.29, 1.82) is 0 Å². The summed E-state index contributed by atoms with van der Waals surface area (Å²) in [6.07, 6.45) is 19.2. The zero-order valence-corrected chi connectivity index (χ0v) is 24.2. The second kappa shape index (κ2) is 20.0.